The molecule has 0 saturated carbocycles. The smallest absolute Gasteiger partial charge is 0.410 e. The van der Waals surface area contributed by atoms with E-state index in [4.69, 9.17) is 9.47 Å². The van der Waals surface area contributed by atoms with E-state index in [-0.39, 0.29) is 23.7 Å². The number of likely N-dealkylation sites (tertiary alicyclic amines) is 1. The molecule has 2 saturated heterocycles. The number of piperidine rings is 1. The molecule has 0 aliphatic carbocycles. The summed E-state index contributed by atoms with van der Waals surface area (Å²) < 4.78 is 10.3. The van der Waals surface area contributed by atoms with Gasteiger partial charge in [-0.05, 0) is 44.4 Å². The molecular formula is C19H27N3O4. The number of hydrogen-bond donors (Lipinski definition) is 1. The van der Waals surface area contributed by atoms with E-state index in [0.717, 1.165) is 24.2 Å². The van der Waals surface area contributed by atoms with Crippen LogP contribution < -0.4 is 10.1 Å². The summed E-state index contributed by atoms with van der Waals surface area (Å²) >= 11 is 0. The summed E-state index contributed by atoms with van der Waals surface area (Å²) in [5, 5.41) is 2.96. The van der Waals surface area contributed by atoms with Crippen LogP contribution in [-0.4, -0.2) is 60.3 Å². The first kappa shape index (κ1) is 18.4. The Bertz CT molecular complexity index is 651. The average molecular weight is 361 g/mol. The number of cyclic esters (lactones) is 1. The van der Waals surface area contributed by atoms with Crippen LogP contribution in [0.15, 0.2) is 24.3 Å². The molecule has 2 heterocycles. The highest BCUT2D eigenvalue weighted by Gasteiger charge is 2.44. The number of amides is 3. The van der Waals surface area contributed by atoms with Crippen LogP contribution in [0, 0.1) is 0 Å². The van der Waals surface area contributed by atoms with Crippen molar-refractivity contribution in [3.63, 3.8) is 0 Å². The fourth-order valence-corrected chi connectivity index (χ4v) is 3.63. The van der Waals surface area contributed by atoms with Crippen LogP contribution in [0.25, 0.3) is 0 Å². The van der Waals surface area contributed by atoms with Crippen LogP contribution in [0.5, 0.6) is 5.75 Å². The molecule has 1 aromatic rings. The Morgan fingerprint density at radius 3 is 2.46 bits per heavy atom. The number of carbonyl (C=O) groups excluding carboxylic acids is 2. The van der Waals surface area contributed by atoms with Crippen LogP contribution in [-0.2, 0) is 11.3 Å². The van der Waals surface area contributed by atoms with Gasteiger partial charge in [-0.2, -0.15) is 0 Å². The molecule has 26 heavy (non-hydrogen) atoms. The zero-order valence-electron chi connectivity index (χ0n) is 15.7. The highest BCUT2D eigenvalue weighted by Crippen LogP contribution is 2.30. The van der Waals surface area contributed by atoms with Crippen molar-refractivity contribution >= 4 is 12.1 Å². The van der Waals surface area contributed by atoms with E-state index in [2.05, 4.69) is 5.32 Å². The lowest BCUT2D eigenvalue weighted by molar-refractivity contribution is 0.0936. The van der Waals surface area contributed by atoms with Crippen molar-refractivity contribution in [3.8, 4) is 5.75 Å². The molecule has 0 radical (unpaired) electrons. The molecule has 0 unspecified atom stereocenters. The zero-order valence-corrected chi connectivity index (χ0v) is 15.7. The quantitative estimate of drug-likeness (QED) is 0.895. The van der Waals surface area contributed by atoms with Crippen LogP contribution in [0.3, 0.4) is 0 Å². The zero-order chi connectivity index (χ0) is 18.7. The standard InChI is InChI=1S/C19H27N3O4/c1-19(2)13-26-18(24)22(19)15-8-10-21(11-9-15)17(23)20-12-14-4-6-16(25-3)7-5-14/h4-7,15H,8-13H2,1-3H3,(H,20,23). The van der Waals surface area contributed by atoms with Gasteiger partial charge in [-0.15, -0.1) is 0 Å². The normalized spacial score (nSPS) is 20.0. The van der Waals surface area contributed by atoms with Crippen LogP contribution in [0.4, 0.5) is 9.59 Å². The molecule has 2 aliphatic heterocycles. The van der Waals surface area contributed by atoms with Gasteiger partial charge in [0.2, 0.25) is 0 Å². The third kappa shape index (κ3) is 3.86. The Kier molecular flexibility index (Phi) is 5.25. The van der Waals surface area contributed by atoms with Crippen LogP contribution in [0.1, 0.15) is 32.3 Å². The number of nitrogens with zero attached hydrogens (tertiary/aromatic N) is 2. The molecule has 2 aliphatic rings. The van der Waals surface area contributed by atoms with Crippen molar-refractivity contribution in [2.24, 2.45) is 0 Å². The van der Waals surface area contributed by atoms with Crippen LogP contribution >= 0.6 is 0 Å². The molecule has 3 rings (SSSR count). The van der Waals surface area contributed by atoms with Crippen molar-refractivity contribution in [1.82, 2.24) is 15.1 Å². The van der Waals surface area contributed by atoms with Crippen molar-refractivity contribution < 1.29 is 19.1 Å². The maximum Gasteiger partial charge on any atom is 0.410 e. The minimum absolute atomic E-state index is 0.0671. The molecule has 2 fully saturated rings. The third-order valence-electron chi connectivity index (χ3n) is 5.12. The first-order chi connectivity index (χ1) is 12.4. The predicted molar refractivity (Wildman–Crippen MR) is 97.1 cm³/mol. The second-order valence-electron chi connectivity index (χ2n) is 7.46. The van der Waals surface area contributed by atoms with Gasteiger partial charge in [0.25, 0.3) is 0 Å². The van der Waals surface area contributed by atoms with Crippen LogP contribution in [0.2, 0.25) is 0 Å². The largest absolute Gasteiger partial charge is 0.497 e. The van der Waals surface area contributed by atoms with E-state index in [1.807, 2.05) is 47.9 Å². The molecule has 0 atom stereocenters. The van der Waals surface area contributed by atoms with Gasteiger partial charge in [0.15, 0.2) is 0 Å². The topological polar surface area (TPSA) is 71.1 Å². The number of ether oxygens (including phenoxy) is 2. The Morgan fingerprint density at radius 2 is 1.92 bits per heavy atom. The van der Waals surface area contributed by atoms with E-state index in [0.29, 0.717) is 26.2 Å². The summed E-state index contributed by atoms with van der Waals surface area (Å²) in [5.74, 6) is 0.797. The lowest BCUT2D eigenvalue weighted by Gasteiger charge is -2.40. The summed E-state index contributed by atoms with van der Waals surface area (Å²) in [7, 11) is 1.63. The van der Waals surface area contributed by atoms with Crippen molar-refractivity contribution in [2.45, 2.75) is 44.8 Å². The summed E-state index contributed by atoms with van der Waals surface area (Å²) in [6.45, 7) is 6.22. The maximum atomic E-state index is 12.4. The van der Waals surface area contributed by atoms with E-state index < -0.39 is 0 Å². The second kappa shape index (κ2) is 7.43. The monoisotopic (exact) mass is 361 g/mol. The SMILES string of the molecule is COc1ccc(CNC(=O)N2CCC(N3C(=O)OCC3(C)C)CC2)cc1. The van der Waals surface area contributed by atoms with Crippen molar-refractivity contribution in [3.05, 3.63) is 29.8 Å². The molecular weight excluding hydrogens is 334 g/mol. The first-order valence-electron chi connectivity index (χ1n) is 9.02. The van der Waals surface area contributed by atoms with Gasteiger partial charge in [-0.3, -0.25) is 4.90 Å². The number of benzene rings is 1. The maximum absolute atomic E-state index is 12.4. The minimum atomic E-state index is -0.277. The number of methoxy groups -OCH3 is 1. The molecule has 7 nitrogen and oxygen atoms in total. The Balaban J connectivity index is 1.48. The molecule has 3 amide bonds. The average Bonchev–Trinajstić information content (AvgIpc) is 2.93. The number of nitrogens with one attached hydrogen (secondary N) is 1. The lowest BCUT2D eigenvalue weighted by atomic mass is 9.97. The lowest BCUT2D eigenvalue weighted by Crippen LogP contribution is -2.54. The molecule has 0 spiro atoms. The Labute approximate surface area is 154 Å². The predicted octanol–water partition coefficient (Wildman–Crippen LogP) is 2.60. The molecule has 142 valence electrons. The van der Waals surface area contributed by atoms with E-state index >= 15 is 0 Å². The molecule has 1 aromatic carbocycles. The van der Waals surface area contributed by atoms with Gasteiger partial charge < -0.3 is 19.7 Å². The van der Waals surface area contributed by atoms with Gasteiger partial charge in [0.1, 0.15) is 12.4 Å². The third-order valence-corrected chi connectivity index (χ3v) is 5.12. The molecule has 0 aromatic heterocycles. The van der Waals surface area contributed by atoms with E-state index in [1.54, 1.807) is 7.11 Å². The number of rotatable bonds is 4. The Morgan fingerprint density at radius 1 is 1.27 bits per heavy atom. The summed E-state index contributed by atoms with van der Waals surface area (Å²) in [6, 6.07) is 7.69. The van der Waals surface area contributed by atoms with E-state index in [9.17, 15) is 9.59 Å². The fraction of sp³-hybridized carbons (Fsp3) is 0.579. The highest BCUT2D eigenvalue weighted by molar-refractivity contribution is 5.74. The summed E-state index contributed by atoms with van der Waals surface area (Å²) in [6.07, 6.45) is 1.31. The van der Waals surface area contributed by atoms with Crippen molar-refractivity contribution in [2.75, 3.05) is 26.8 Å². The number of urea groups is 1. The highest BCUT2D eigenvalue weighted by atomic mass is 16.6. The van der Waals surface area contributed by atoms with Gasteiger partial charge in [-0.25, -0.2) is 9.59 Å². The minimum Gasteiger partial charge on any atom is -0.497 e. The second-order valence-corrected chi connectivity index (χ2v) is 7.46. The van der Waals surface area contributed by atoms with Gasteiger partial charge in [-0.1, -0.05) is 12.1 Å². The molecule has 1 N–H and O–H groups in total. The summed E-state index contributed by atoms with van der Waals surface area (Å²) in [4.78, 5) is 28.1. The molecule has 7 heteroatoms. The van der Waals surface area contributed by atoms with Gasteiger partial charge in [0, 0.05) is 25.7 Å². The Hall–Kier alpha value is -2.44. The fourth-order valence-electron chi connectivity index (χ4n) is 3.63. The van der Waals surface area contributed by atoms with Crippen molar-refractivity contribution in [1.29, 1.82) is 0 Å². The van der Waals surface area contributed by atoms with Gasteiger partial charge in [0.05, 0.1) is 12.6 Å². The number of hydrogen-bond acceptors (Lipinski definition) is 4. The molecule has 0 bridgehead atoms. The summed E-state index contributed by atoms with van der Waals surface area (Å²) in [5.41, 5.74) is 0.746. The number of carbonyl (C=O) groups is 2. The first-order valence-corrected chi connectivity index (χ1v) is 9.02. The van der Waals surface area contributed by atoms with E-state index in [1.165, 1.54) is 0 Å². The van der Waals surface area contributed by atoms with Gasteiger partial charge >= 0.3 is 12.1 Å².